The van der Waals surface area contributed by atoms with Crippen LogP contribution in [-0.2, 0) is 4.79 Å². The molecule has 2 aliphatic rings. The number of hydrogen-bond acceptors (Lipinski definition) is 5. The Morgan fingerprint density at radius 2 is 2.23 bits per heavy atom. The maximum absolute atomic E-state index is 12.3. The average Bonchev–Trinajstić information content (AvgIpc) is 3.17. The molecule has 1 aliphatic heterocycles. The third kappa shape index (κ3) is 3.67. The Morgan fingerprint density at radius 3 is 2.95 bits per heavy atom. The molecule has 0 bridgehead atoms. The van der Waals surface area contributed by atoms with Crippen LogP contribution in [0, 0.1) is 5.92 Å². The monoisotopic (exact) mass is 304 g/mol. The molecule has 22 heavy (non-hydrogen) atoms. The first-order valence-electron chi connectivity index (χ1n) is 8.15. The number of anilines is 1. The smallest absolute Gasteiger partial charge is 0.242 e. The summed E-state index contributed by atoms with van der Waals surface area (Å²) in [5.74, 6) is 1.82. The molecule has 0 spiro atoms. The van der Waals surface area contributed by atoms with Gasteiger partial charge in [0, 0.05) is 12.6 Å². The zero-order valence-corrected chi connectivity index (χ0v) is 13.3. The lowest BCUT2D eigenvalue weighted by Crippen LogP contribution is -2.44. The SMILES string of the molecule is CC(C)COc1cncc(N2CCCC2C(=O)NC2CC2)n1. The van der Waals surface area contributed by atoms with Gasteiger partial charge in [-0.15, -0.1) is 0 Å². The molecular weight excluding hydrogens is 280 g/mol. The predicted octanol–water partition coefficient (Wildman–Crippen LogP) is 1.76. The molecular formula is C16H24N4O2. The fourth-order valence-corrected chi connectivity index (χ4v) is 2.64. The van der Waals surface area contributed by atoms with E-state index in [0.29, 0.717) is 24.4 Å². The Bertz CT molecular complexity index is 531. The van der Waals surface area contributed by atoms with Gasteiger partial charge in [0.25, 0.3) is 0 Å². The van der Waals surface area contributed by atoms with Gasteiger partial charge in [-0.2, -0.15) is 4.98 Å². The topological polar surface area (TPSA) is 67.3 Å². The quantitative estimate of drug-likeness (QED) is 0.867. The minimum atomic E-state index is -0.129. The summed E-state index contributed by atoms with van der Waals surface area (Å²) < 4.78 is 5.64. The van der Waals surface area contributed by atoms with Gasteiger partial charge in [0.15, 0.2) is 5.82 Å². The molecule has 1 saturated carbocycles. The number of nitrogens with zero attached hydrogens (tertiary/aromatic N) is 3. The van der Waals surface area contributed by atoms with E-state index in [0.717, 1.165) is 38.0 Å². The van der Waals surface area contributed by atoms with Gasteiger partial charge in [-0.05, 0) is 31.6 Å². The molecule has 1 saturated heterocycles. The normalized spacial score (nSPS) is 21.2. The van der Waals surface area contributed by atoms with Crippen LogP contribution in [0.4, 0.5) is 5.82 Å². The van der Waals surface area contributed by atoms with Crippen LogP contribution >= 0.6 is 0 Å². The zero-order chi connectivity index (χ0) is 15.5. The van der Waals surface area contributed by atoms with Crippen molar-refractivity contribution < 1.29 is 9.53 Å². The summed E-state index contributed by atoms with van der Waals surface area (Å²) in [5, 5.41) is 3.09. The van der Waals surface area contributed by atoms with Gasteiger partial charge < -0.3 is 15.0 Å². The summed E-state index contributed by atoms with van der Waals surface area (Å²) in [6.45, 7) is 5.64. The summed E-state index contributed by atoms with van der Waals surface area (Å²) in [5.41, 5.74) is 0. The lowest BCUT2D eigenvalue weighted by Gasteiger charge is -2.24. The van der Waals surface area contributed by atoms with Gasteiger partial charge in [-0.3, -0.25) is 9.78 Å². The Hall–Kier alpha value is -1.85. The van der Waals surface area contributed by atoms with E-state index in [1.165, 1.54) is 0 Å². The number of hydrogen-bond donors (Lipinski definition) is 1. The van der Waals surface area contributed by atoms with Crippen molar-refractivity contribution in [3.63, 3.8) is 0 Å². The Kier molecular flexibility index (Phi) is 4.45. The van der Waals surface area contributed by atoms with Crippen LogP contribution in [0.5, 0.6) is 5.88 Å². The number of amides is 1. The summed E-state index contributed by atoms with van der Waals surface area (Å²) in [6.07, 6.45) is 7.43. The number of carbonyl (C=O) groups excluding carboxylic acids is 1. The number of aromatic nitrogens is 2. The highest BCUT2D eigenvalue weighted by atomic mass is 16.5. The number of ether oxygens (including phenoxy) is 1. The van der Waals surface area contributed by atoms with Crippen LogP contribution in [0.2, 0.25) is 0 Å². The van der Waals surface area contributed by atoms with Crippen LogP contribution in [-0.4, -0.2) is 41.1 Å². The molecule has 0 aromatic carbocycles. The van der Waals surface area contributed by atoms with E-state index < -0.39 is 0 Å². The molecule has 6 nitrogen and oxygen atoms in total. The van der Waals surface area contributed by atoms with Crippen LogP contribution < -0.4 is 15.0 Å². The van der Waals surface area contributed by atoms with Crippen molar-refractivity contribution >= 4 is 11.7 Å². The maximum atomic E-state index is 12.3. The van der Waals surface area contributed by atoms with Gasteiger partial charge in [-0.25, -0.2) is 0 Å². The summed E-state index contributed by atoms with van der Waals surface area (Å²) in [6, 6.07) is 0.261. The highest BCUT2D eigenvalue weighted by molar-refractivity contribution is 5.86. The molecule has 1 atom stereocenters. The molecule has 1 N–H and O–H groups in total. The fraction of sp³-hybridized carbons (Fsp3) is 0.688. The number of rotatable bonds is 6. The standard InChI is InChI=1S/C16H24N4O2/c1-11(2)10-22-15-9-17-8-14(19-15)20-7-3-4-13(20)16(21)18-12-5-6-12/h8-9,11-13H,3-7,10H2,1-2H3,(H,18,21). The predicted molar refractivity (Wildman–Crippen MR) is 83.9 cm³/mol. The second-order valence-electron chi connectivity index (χ2n) is 6.55. The van der Waals surface area contributed by atoms with Crippen molar-refractivity contribution in [2.75, 3.05) is 18.1 Å². The van der Waals surface area contributed by atoms with Crippen molar-refractivity contribution in [1.82, 2.24) is 15.3 Å². The van der Waals surface area contributed by atoms with Gasteiger partial charge in [0.2, 0.25) is 11.8 Å². The first-order valence-corrected chi connectivity index (χ1v) is 8.15. The molecule has 6 heteroatoms. The lowest BCUT2D eigenvalue weighted by molar-refractivity contribution is -0.122. The Labute approximate surface area is 131 Å². The van der Waals surface area contributed by atoms with Crippen LogP contribution in [0.15, 0.2) is 12.4 Å². The van der Waals surface area contributed by atoms with Crippen molar-refractivity contribution in [2.45, 2.75) is 51.6 Å². The third-order valence-electron chi connectivity index (χ3n) is 3.94. The molecule has 1 amide bonds. The number of carbonyl (C=O) groups is 1. The first kappa shape index (κ1) is 15.1. The average molecular weight is 304 g/mol. The second kappa shape index (κ2) is 6.50. The molecule has 120 valence electrons. The molecule has 2 heterocycles. The van der Waals surface area contributed by atoms with Gasteiger partial charge >= 0.3 is 0 Å². The minimum Gasteiger partial charge on any atom is -0.476 e. The lowest BCUT2D eigenvalue weighted by atomic mass is 10.2. The highest BCUT2D eigenvalue weighted by Gasteiger charge is 2.34. The van der Waals surface area contributed by atoms with Gasteiger partial charge in [-0.1, -0.05) is 13.8 Å². The second-order valence-corrected chi connectivity index (χ2v) is 6.55. The molecule has 2 fully saturated rings. The van der Waals surface area contributed by atoms with E-state index >= 15 is 0 Å². The maximum Gasteiger partial charge on any atom is 0.242 e. The van der Waals surface area contributed by atoms with Crippen molar-refractivity contribution in [3.8, 4) is 5.88 Å². The van der Waals surface area contributed by atoms with Crippen molar-refractivity contribution in [2.24, 2.45) is 5.92 Å². The Balaban J connectivity index is 1.68. The summed E-state index contributed by atoms with van der Waals surface area (Å²) in [4.78, 5) is 23.1. The fourth-order valence-electron chi connectivity index (χ4n) is 2.64. The Morgan fingerprint density at radius 1 is 1.41 bits per heavy atom. The van der Waals surface area contributed by atoms with E-state index in [9.17, 15) is 4.79 Å². The zero-order valence-electron chi connectivity index (χ0n) is 13.3. The molecule has 3 rings (SSSR count). The van der Waals surface area contributed by atoms with E-state index in [-0.39, 0.29) is 11.9 Å². The van der Waals surface area contributed by atoms with Gasteiger partial charge in [0.05, 0.1) is 19.0 Å². The minimum absolute atomic E-state index is 0.121. The summed E-state index contributed by atoms with van der Waals surface area (Å²) in [7, 11) is 0. The van der Waals surface area contributed by atoms with Crippen molar-refractivity contribution in [1.29, 1.82) is 0 Å². The molecule has 1 unspecified atom stereocenters. The van der Waals surface area contributed by atoms with E-state index in [4.69, 9.17) is 4.74 Å². The molecule has 1 aliphatic carbocycles. The van der Waals surface area contributed by atoms with Gasteiger partial charge in [0.1, 0.15) is 6.04 Å². The summed E-state index contributed by atoms with van der Waals surface area (Å²) >= 11 is 0. The largest absolute Gasteiger partial charge is 0.476 e. The third-order valence-corrected chi connectivity index (χ3v) is 3.94. The van der Waals surface area contributed by atoms with Crippen LogP contribution in [0.3, 0.4) is 0 Å². The molecule has 0 radical (unpaired) electrons. The first-order chi connectivity index (χ1) is 10.6. The number of nitrogens with one attached hydrogen (secondary N) is 1. The van der Waals surface area contributed by atoms with E-state index in [1.54, 1.807) is 12.4 Å². The van der Waals surface area contributed by atoms with Crippen LogP contribution in [0.1, 0.15) is 39.5 Å². The highest BCUT2D eigenvalue weighted by Crippen LogP contribution is 2.26. The van der Waals surface area contributed by atoms with E-state index in [1.807, 2.05) is 4.90 Å². The van der Waals surface area contributed by atoms with E-state index in [2.05, 4.69) is 29.1 Å². The van der Waals surface area contributed by atoms with Crippen molar-refractivity contribution in [3.05, 3.63) is 12.4 Å². The molecule has 1 aromatic heterocycles. The van der Waals surface area contributed by atoms with Crippen LogP contribution in [0.25, 0.3) is 0 Å². The molecule has 1 aromatic rings.